The lowest BCUT2D eigenvalue weighted by Gasteiger charge is -2.11. The molecule has 0 aliphatic heterocycles. The Bertz CT molecular complexity index is 384. The summed E-state index contributed by atoms with van der Waals surface area (Å²) in [7, 11) is -3.58. The second-order valence-electron chi connectivity index (χ2n) is 3.46. The average molecular weight is 228 g/mol. The van der Waals surface area contributed by atoms with E-state index in [1.54, 1.807) is 25.1 Å². The fraction of sp³-hybridized carbons (Fsp3) is 0.455. The highest BCUT2D eigenvalue weighted by Crippen LogP contribution is 2.15. The van der Waals surface area contributed by atoms with E-state index in [-0.39, 0.29) is 11.0 Å². The predicted octanol–water partition coefficient (Wildman–Crippen LogP) is 2.58. The minimum atomic E-state index is -3.58. The van der Waals surface area contributed by atoms with E-state index in [9.17, 15) is 8.42 Å². The molecule has 0 heterocycles. The molecule has 0 aliphatic rings. The average Bonchev–Trinajstić information content (AvgIpc) is 2.18. The molecule has 0 aliphatic carbocycles. The molecule has 0 N–H and O–H groups in total. The summed E-state index contributed by atoms with van der Waals surface area (Å²) in [5.41, 5.74) is 0. The zero-order valence-electron chi connectivity index (χ0n) is 9.01. The molecule has 0 bridgehead atoms. The van der Waals surface area contributed by atoms with Crippen molar-refractivity contribution in [2.45, 2.75) is 37.7 Å². The number of benzene rings is 1. The maximum atomic E-state index is 11.7. The van der Waals surface area contributed by atoms with Gasteiger partial charge in [-0.15, -0.1) is 0 Å². The Morgan fingerprint density at radius 3 is 2.40 bits per heavy atom. The van der Waals surface area contributed by atoms with Crippen molar-refractivity contribution in [2.24, 2.45) is 0 Å². The summed E-state index contributed by atoms with van der Waals surface area (Å²) in [5.74, 6) is 0. The van der Waals surface area contributed by atoms with Gasteiger partial charge in [-0.25, -0.2) is 0 Å². The third kappa shape index (κ3) is 3.64. The molecule has 0 aromatic heterocycles. The van der Waals surface area contributed by atoms with Gasteiger partial charge in [-0.2, -0.15) is 8.42 Å². The predicted molar refractivity (Wildman–Crippen MR) is 59.1 cm³/mol. The van der Waals surface area contributed by atoms with Gasteiger partial charge in [-0.3, -0.25) is 4.18 Å². The second kappa shape index (κ2) is 5.28. The molecule has 4 heteroatoms. The van der Waals surface area contributed by atoms with Crippen LogP contribution < -0.4 is 0 Å². The Morgan fingerprint density at radius 2 is 1.87 bits per heavy atom. The number of hydrogen-bond donors (Lipinski definition) is 0. The Labute approximate surface area is 91.2 Å². The maximum Gasteiger partial charge on any atom is 0.297 e. The summed E-state index contributed by atoms with van der Waals surface area (Å²) in [5, 5.41) is 0. The van der Waals surface area contributed by atoms with Crippen LogP contribution in [0, 0.1) is 0 Å². The summed E-state index contributed by atoms with van der Waals surface area (Å²) in [4.78, 5) is 0.216. The van der Waals surface area contributed by atoms with Crippen molar-refractivity contribution in [2.75, 3.05) is 0 Å². The molecule has 84 valence electrons. The van der Waals surface area contributed by atoms with E-state index < -0.39 is 10.1 Å². The first-order chi connectivity index (χ1) is 7.06. The smallest absolute Gasteiger partial charge is 0.263 e. The summed E-state index contributed by atoms with van der Waals surface area (Å²) in [6.07, 6.45) is 1.39. The quantitative estimate of drug-likeness (QED) is 0.727. The van der Waals surface area contributed by atoms with Gasteiger partial charge in [0.2, 0.25) is 0 Å². The molecular weight excluding hydrogens is 212 g/mol. The van der Waals surface area contributed by atoms with Gasteiger partial charge in [-0.05, 0) is 25.5 Å². The van der Waals surface area contributed by atoms with Crippen LogP contribution in [0.5, 0.6) is 0 Å². The normalized spacial score (nSPS) is 13.7. The van der Waals surface area contributed by atoms with Crippen LogP contribution in [-0.4, -0.2) is 14.5 Å². The third-order valence-electron chi connectivity index (χ3n) is 2.02. The lowest BCUT2D eigenvalue weighted by molar-refractivity contribution is 0.217. The van der Waals surface area contributed by atoms with Gasteiger partial charge in [-0.1, -0.05) is 31.5 Å². The monoisotopic (exact) mass is 228 g/mol. The molecule has 0 saturated carbocycles. The highest BCUT2D eigenvalue weighted by molar-refractivity contribution is 7.86. The van der Waals surface area contributed by atoms with Crippen molar-refractivity contribution >= 4 is 10.1 Å². The fourth-order valence-electron chi connectivity index (χ4n) is 1.31. The van der Waals surface area contributed by atoms with Crippen molar-refractivity contribution < 1.29 is 12.6 Å². The summed E-state index contributed by atoms with van der Waals surface area (Å²) in [6.45, 7) is 3.76. The van der Waals surface area contributed by atoms with Gasteiger partial charge < -0.3 is 0 Å². The first kappa shape index (κ1) is 12.2. The summed E-state index contributed by atoms with van der Waals surface area (Å²) in [6, 6.07) is 8.21. The number of rotatable bonds is 5. The fourth-order valence-corrected chi connectivity index (χ4v) is 2.44. The molecule has 1 rings (SSSR count). The Hall–Kier alpha value is -0.870. The minimum Gasteiger partial charge on any atom is -0.263 e. The standard InChI is InChI=1S/C11H16O3S/c1-3-7-10(2)14-15(12,13)11-8-5-4-6-9-11/h4-6,8-10H,3,7H2,1-2H3. The van der Waals surface area contributed by atoms with E-state index in [4.69, 9.17) is 4.18 Å². The third-order valence-corrected chi connectivity index (χ3v) is 3.45. The van der Waals surface area contributed by atoms with Crippen molar-refractivity contribution in [3.8, 4) is 0 Å². The topological polar surface area (TPSA) is 43.4 Å². The summed E-state index contributed by atoms with van der Waals surface area (Å²) < 4.78 is 28.4. The molecule has 0 radical (unpaired) electrons. The van der Waals surface area contributed by atoms with E-state index >= 15 is 0 Å². The van der Waals surface area contributed by atoms with E-state index in [1.807, 2.05) is 6.92 Å². The largest absolute Gasteiger partial charge is 0.297 e. The zero-order chi connectivity index (χ0) is 11.3. The molecule has 3 nitrogen and oxygen atoms in total. The first-order valence-electron chi connectivity index (χ1n) is 5.04. The SMILES string of the molecule is CCCC(C)OS(=O)(=O)c1ccccc1. The highest BCUT2D eigenvalue weighted by atomic mass is 32.2. The van der Waals surface area contributed by atoms with Crippen molar-refractivity contribution in [1.82, 2.24) is 0 Å². The molecule has 0 saturated heterocycles. The van der Waals surface area contributed by atoms with Crippen LogP contribution in [0.2, 0.25) is 0 Å². The van der Waals surface area contributed by atoms with Gasteiger partial charge >= 0.3 is 0 Å². The Kier molecular flexibility index (Phi) is 4.29. The molecule has 0 fully saturated rings. The Balaban J connectivity index is 2.77. The summed E-state index contributed by atoms with van der Waals surface area (Å²) >= 11 is 0. The van der Waals surface area contributed by atoms with E-state index in [0.29, 0.717) is 0 Å². The van der Waals surface area contributed by atoms with E-state index in [2.05, 4.69) is 0 Å². The van der Waals surface area contributed by atoms with Crippen LogP contribution >= 0.6 is 0 Å². The van der Waals surface area contributed by atoms with Gasteiger partial charge in [0.15, 0.2) is 0 Å². The molecule has 1 aromatic carbocycles. The van der Waals surface area contributed by atoms with Gasteiger partial charge in [0.05, 0.1) is 11.0 Å². The van der Waals surface area contributed by atoms with Crippen LogP contribution in [0.3, 0.4) is 0 Å². The number of hydrogen-bond acceptors (Lipinski definition) is 3. The van der Waals surface area contributed by atoms with Crippen LogP contribution in [-0.2, 0) is 14.3 Å². The molecule has 0 amide bonds. The van der Waals surface area contributed by atoms with Crippen LogP contribution in [0.4, 0.5) is 0 Å². The molecule has 1 atom stereocenters. The van der Waals surface area contributed by atoms with Crippen molar-refractivity contribution in [3.63, 3.8) is 0 Å². The molecule has 0 spiro atoms. The molecule has 1 aromatic rings. The first-order valence-corrected chi connectivity index (χ1v) is 6.45. The van der Waals surface area contributed by atoms with E-state index in [0.717, 1.165) is 12.8 Å². The molecule has 15 heavy (non-hydrogen) atoms. The van der Waals surface area contributed by atoms with Crippen LogP contribution in [0.1, 0.15) is 26.7 Å². The van der Waals surface area contributed by atoms with Crippen LogP contribution in [0.15, 0.2) is 35.2 Å². The van der Waals surface area contributed by atoms with Crippen molar-refractivity contribution in [1.29, 1.82) is 0 Å². The minimum absolute atomic E-state index is 0.216. The lowest BCUT2D eigenvalue weighted by Crippen LogP contribution is -2.15. The van der Waals surface area contributed by atoms with Crippen molar-refractivity contribution in [3.05, 3.63) is 30.3 Å². The van der Waals surface area contributed by atoms with Gasteiger partial charge in [0.25, 0.3) is 10.1 Å². The lowest BCUT2D eigenvalue weighted by atomic mass is 10.2. The van der Waals surface area contributed by atoms with Crippen LogP contribution in [0.25, 0.3) is 0 Å². The zero-order valence-corrected chi connectivity index (χ0v) is 9.83. The second-order valence-corrected chi connectivity index (χ2v) is 5.03. The van der Waals surface area contributed by atoms with Gasteiger partial charge in [0, 0.05) is 0 Å². The Morgan fingerprint density at radius 1 is 1.27 bits per heavy atom. The van der Waals surface area contributed by atoms with E-state index in [1.165, 1.54) is 12.1 Å². The highest BCUT2D eigenvalue weighted by Gasteiger charge is 2.17. The van der Waals surface area contributed by atoms with Gasteiger partial charge in [0.1, 0.15) is 0 Å². The molecule has 1 unspecified atom stereocenters. The molecular formula is C11H16O3S. The maximum absolute atomic E-state index is 11.7.